The summed E-state index contributed by atoms with van der Waals surface area (Å²) in [7, 11) is 0. The van der Waals surface area contributed by atoms with Crippen LogP contribution in [0.5, 0.6) is 0 Å². The summed E-state index contributed by atoms with van der Waals surface area (Å²) in [6.07, 6.45) is 0. The number of nitrogens with one attached hydrogen (secondary N) is 1. The lowest BCUT2D eigenvalue weighted by Gasteiger charge is -2.41. The highest BCUT2D eigenvalue weighted by atomic mass is 79.9. The zero-order chi connectivity index (χ0) is 16.1. The van der Waals surface area contributed by atoms with Gasteiger partial charge in [0.15, 0.2) is 0 Å². The predicted octanol–water partition coefficient (Wildman–Crippen LogP) is 2.28. The number of fused-ring (bicyclic) bond motifs is 1. The predicted molar refractivity (Wildman–Crippen MR) is 85.8 cm³/mol. The Morgan fingerprint density at radius 1 is 0.870 bits per heavy atom. The normalized spacial score (nSPS) is 22.7. The number of carbonyl (C=O) groups excluding carboxylic acids is 3. The first-order chi connectivity index (χ1) is 11.1. The Morgan fingerprint density at radius 3 is 2.00 bits per heavy atom. The molecule has 0 aromatic heterocycles. The molecule has 5 nitrogen and oxygen atoms in total. The van der Waals surface area contributed by atoms with E-state index < -0.39 is 23.9 Å². The van der Waals surface area contributed by atoms with Crippen LogP contribution in [0.25, 0.3) is 0 Å². The molecule has 6 heteroatoms. The van der Waals surface area contributed by atoms with Crippen molar-refractivity contribution in [2.24, 2.45) is 0 Å². The van der Waals surface area contributed by atoms with Gasteiger partial charge in [-0.2, -0.15) is 0 Å². The third-order valence-corrected chi connectivity index (χ3v) is 4.95. The van der Waals surface area contributed by atoms with Crippen LogP contribution in [0.3, 0.4) is 0 Å². The molecule has 2 aliphatic rings. The molecule has 1 saturated heterocycles. The minimum Gasteiger partial charge on any atom is -0.345 e. The molecular formula is C17H11BrN2O3. The number of amides is 3. The van der Waals surface area contributed by atoms with E-state index in [0.29, 0.717) is 11.1 Å². The number of halogens is 1. The molecule has 2 atom stereocenters. The van der Waals surface area contributed by atoms with Crippen LogP contribution in [-0.4, -0.2) is 28.7 Å². The molecule has 4 rings (SSSR count). The number of nitrogens with zero attached hydrogens (tertiary/aromatic N) is 1. The fourth-order valence-electron chi connectivity index (χ4n) is 3.07. The SMILES string of the molecule is O=C1N[C@H](c2ccccc2Br)[C@@H]1N1C(=O)c2ccccc2C1=O. The summed E-state index contributed by atoms with van der Waals surface area (Å²) in [5.74, 6) is -1.15. The summed E-state index contributed by atoms with van der Waals surface area (Å²) in [6, 6.07) is 12.9. The smallest absolute Gasteiger partial charge is 0.262 e. The van der Waals surface area contributed by atoms with Crippen molar-refractivity contribution in [1.82, 2.24) is 10.2 Å². The van der Waals surface area contributed by atoms with Gasteiger partial charge in [0, 0.05) is 4.47 Å². The van der Waals surface area contributed by atoms with E-state index in [0.717, 1.165) is 14.9 Å². The van der Waals surface area contributed by atoms with Gasteiger partial charge in [-0.3, -0.25) is 19.3 Å². The minimum atomic E-state index is -0.818. The molecule has 0 spiro atoms. The molecule has 0 unspecified atom stereocenters. The lowest BCUT2D eigenvalue weighted by atomic mass is 9.90. The number of imide groups is 1. The van der Waals surface area contributed by atoms with Crippen molar-refractivity contribution in [3.63, 3.8) is 0 Å². The third kappa shape index (κ3) is 1.95. The lowest BCUT2D eigenvalue weighted by molar-refractivity contribution is -0.135. The van der Waals surface area contributed by atoms with Gasteiger partial charge in [-0.05, 0) is 23.8 Å². The maximum Gasteiger partial charge on any atom is 0.262 e. The Bertz CT molecular complexity index is 829. The maximum absolute atomic E-state index is 12.6. The zero-order valence-electron chi connectivity index (χ0n) is 11.8. The fraction of sp³-hybridized carbons (Fsp3) is 0.118. The number of hydrogen-bond acceptors (Lipinski definition) is 3. The zero-order valence-corrected chi connectivity index (χ0v) is 13.4. The second kappa shape index (κ2) is 5.03. The van der Waals surface area contributed by atoms with E-state index in [1.165, 1.54) is 0 Å². The van der Waals surface area contributed by atoms with Crippen molar-refractivity contribution in [1.29, 1.82) is 0 Å². The second-order valence-corrected chi connectivity index (χ2v) is 6.33. The maximum atomic E-state index is 12.6. The van der Waals surface area contributed by atoms with Gasteiger partial charge in [-0.1, -0.05) is 46.3 Å². The van der Waals surface area contributed by atoms with Gasteiger partial charge in [0.05, 0.1) is 17.2 Å². The standard InChI is InChI=1S/C17H11BrN2O3/c18-12-8-4-3-7-11(12)13-14(15(21)19-13)20-16(22)9-5-1-2-6-10(9)17(20)23/h1-8,13-14H,(H,19,21)/t13-,14+/m1/s1. The van der Waals surface area contributed by atoms with E-state index >= 15 is 0 Å². The molecule has 1 fully saturated rings. The summed E-state index contributed by atoms with van der Waals surface area (Å²) < 4.78 is 0.826. The molecule has 3 amide bonds. The van der Waals surface area contributed by atoms with Crippen molar-refractivity contribution in [3.05, 3.63) is 69.7 Å². The summed E-state index contributed by atoms with van der Waals surface area (Å²) in [6.45, 7) is 0. The van der Waals surface area contributed by atoms with E-state index in [9.17, 15) is 14.4 Å². The number of hydrogen-bond donors (Lipinski definition) is 1. The first-order valence-electron chi connectivity index (χ1n) is 7.11. The van der Waals surface area contributed by atoms with E-state index in [4.69, 9.17) is 0 Å². The Hall–Kier alpha value is -2.47. The van der Waals surface area contributed by atoms with Gasteiger partial charge in [0.1, 0.15) is 6.04 Å². The van der Waals surface area contributed by atoms with Gasteiger partial charge in [-0.15, -0.1) is 0 Å². The van der Waals surface area contributed by atoms with Gasteiger partial charge >= 0.3 is 0 Å². The topological polar surface area (TPSA) is 66.5 Å². The fourth-order valence-corrected chi connectivity index (χ4v) is 3.61. The van der Waals surface area contributed by atoms with Gasteiger partial charge < -0.3 is 5.32 Å². The molecule has 2 aromatic carbocycles. The summed E-state index contributed by atoms with van der Waals surface area (Å²) >= 11 is 3.45. The highest BCUT2D eigenvalue weighted by Crippen LogP contribution is 2.37. The van der Waals surface area contributed by atoms with Crippen molar-refractivity contribution < 1.29 is 14.4 Å². The van der Waals surface area contributed by atoms with Crippen LogP contribution < -0.4 is 5.32 Å². The molecule has 0 saturated carbocycles. The number of benzene rings is 2. The second-order valence-electron chi connectivity index (χ2n) is 5.48. The monoisotopic (exact) mass is 370 g/mol. The van der Waals surface area contributed by atoms with E-state index in [2.05, 4.69) is 21.2 Å². The van der Waals surface area contributed by atoms with Crippen LogP contribution in [0.4, 0.5) is 0 Å². The summed E-state index contributed by atoms with van der Waals surface area (Å²) in [5.41, 5.74) is 1.54. The molecule has 2 aromatic rings. The summed E-state index contributed by atoms with van der Waals surface area (Å²) in [4.78, 5) is 38.3. The Balaban J connectivity index is 1.73. The molecule has 0 bridgehead atoms. The third-order valence-electron chi connectivity index (χ3n) is 4.23. The number of carbonyl (C=O) groups is 3. The Morgan fingerprint density at radius 2 is 1.43 bits per heavy atom. The molecule has 2 heterocycles. The number of β-lactam (4-membered cyclic amide) rings is 1. The number of rotatable bonds is 2. The molecule has 0 aliphatic carbocycles. The highest BCUT2D eigenvalue weighted by molar-refractivity contribution is 9.10. The average Bonchev–Trinajstić information content (AvgIpc) is 2.79. The van der Waals surface area contributed by atoms with Crippen LogP contribution in [-0.2, 0) is 4.79 Å². The quantitative estimate of drug-likeness (QED) is 0.651. The molecule has 1 N–H and O–H groups in total. The largest absolute Gasteiger partial charge is 0.345 e. The average molecular weight is 371 g/mol. The van der Waals surface area contributed by atoms with Crippen LogP contribution >= 0.6 is 15.9 Å². The van der Waals surface area contributed by atoms with Gasteiger partial charge in [0.2, 0.25) is 5.91 Å². The molecular weight excluding hydrogens is 360 g/mol. The van der Waals surface area contributed by atoms with Crippen molar-refractivity contribution in [3.8, 4) is 0 Å². The van der Waals surface area contributed by atoms with Crippen molar-refractivity contribution in [2.75, 3.05) is 0 Å². The molecule has 0 radical (unpaired) electrons. The van der Waals surface area contributed by atoms with Crippen molar-refractivity contribution in [2.45, 2.75) is 12.1 Å². The van der Waals surface area contributed by atoms with Crippen LogP contribution in [0.1, 0.15) is 32.3 Å². The van der Waals surface area contributed by atoms with Crippen LogP contribution in [0.15, 0.2) is 53.0 Å². The molecule has 23 heavy (non-hydrogen) atoms. The Labute approximate surface area is 140 Å². The van der Waals surface area contributed by atoms with E-state index in [1.807, 2.05) is 24.3 Å². The van der Waals surface area contributed by atoms with E-state index in [1.54, 1.807) is 24.3 Å². The van der Waals surface area contributed by atoms with E-state index in [-0.39, 0.29) is 5.91 Å². The van der Waals surface area contributed by atoms with Crippen LogP contribution in [0, 0.1) is 0 Å². The highest BCUT2D eigenvalue weighted by Gasteiger charge is 2.52. The first kappa shape index (κ1) is 14.1. The molecule has 2 aliphatic heterocycles. The Kier molecular flexibility index (Phi) is 3.09. The van der Waals surface area contributed by atoms with Crippen molar-refractivity contribution >= 4 is 33.7 Å². The van der Waals surface area contributed by atoms with Gasteiger partial charge in [0.25, 0.3) is 11.8 Å². The van der Waals surface area contributed by atoms with Crippen LogP contribution in [0.2, 0.25) is 0 Å². The first-order valence-corrected chi connectivity index (χ1v) is 7.90. The minimum absolute atomic E-state index is 0.319. The molecule has 114 valence electrons. The lowest BCUT2D eigenvalue weighted by Crippen LogP contribution is -2.65. The summed E-state index contributed by atoms with van der Waals surface area (Å²) in [5, 5.41) is 2.78. The van der Waals surface area contributed by atoms with Gasteiger partial charge in [-0.25, -0.2) is 0 Å².